The third kappa shape index (κ3) is 5.57. The Morgan fingerprint density at radius 3 is 2.52 bits per heavy atom. The molecule has 0 spiro atoms. The minimum absolute atomic E-state index is 0.161. The molecular weight excluding hydrogens is 294 g/mol. The number of carbonyl (C=O) groups excluding carboxylic acids is 2. The number of carboxylic acid groups (broad SMARTS) is 1. The van der Waals surface area contributed by atoms with Crippen molar-refractivity contribution in [3.63, 3.8) is 0 Å². The Morgan fingerprint density at radius 2 is 2.00 bits per heavy atom. The highest BCUT2D eigenvalue weighted by atomic mass is 32.2. The molecule has 1 amide bonds. The highest BCUT2D eigenvalue weighted by molar-refractivity contribution is 8.13. The van der Waals surface area contributed by atoms with Gasteiger partial charge in [-0.1, -0.05) is 18.7 Å². The lowest BCUT2D eigenvalue weighted by molar-refractivity contribution is -0.140. The highest BCUT2D eigenvalue weighted by Gasteiger charge is 2.36. The maximum atomic E-state index is 12.2. The summed E-state index contributed by atoms with van der Waals surface area (Å²) in [6.07, 6.45) is 0.877. The summed E-state index contributed by atoms with van der Waals surface area (Å²) < 4.78 is 5.30. The Bertz CT molecular complexity index is 418. The molecule has 0 radical (unpaired) electrons. The van der Waals surface area contributed by atoms with Crippen molar-refractivity contribution >= 4 is 28.9 Å². The Balaban J connectivity index is 2.58. The van der Waals surface area contributed by atoms with E-state index in [1.54, 1.807) is 27.7 Å². The summed E-state index contributed by atoms with van der Waals surface area (Å²) in [6.45, 7) is 7.40. The molecule has 1 unspecified atom stereocenters. The van der Waals surface area contributed by atoms with Crippen LogP contribution >= 0.6 is 11.8 Å². The quantitative estimate of drug-likeness (QED) is 0.857. The van der Waals surface area contributed by atoms with E-state index in [1.165, 1.54) is 4.90 Å². The van der Waals surface area contributed by atoms with Gasteiger partial charge in [-0.25, -0.2) is 4.79 Å². The molecule has 1 heterocycles. The molecule has 1 aliphatic rings. The van der Waals surface area contributed by atoms with Crippen molar-refractivity contribution in [2.24, 2.45) is 5.92 Å². The van der Waals surface area contributed by atoms with Crippen LogP contribution in [-0.4, -0.2) is 51.1 Å². The van der Waals surface area contributed by atoms with Crippen molar-refractivity contribution < 1.29 is 24.2 Å². The second-order valence-corrected chi connectivity index (χ2v) is 7.23. The van der Waals surface area contributed by atoms with Gasteiger partial charge in [0.05, 0.1) is 5.92 Å². The van der Waals surface area contributed by atoms with Crippen LogP contribution in [0.5, 0.6) is 0 Å². The van der Waals surface area contributed by atoms with Crippen molar-refractivity contribution in [1.29, 1.82) is 0 Å². The van der Waals surface area contributed by atoms with E-state index in [2.05, 4.69) is 0 Å². The zero-order chi connectivity index (χ0) is 16.2. The molecule has 0 aromatic heterocycles. The zero-order valence-electron chi connectivity index (χ0n) is 12.9. The van der Waals surface area contributed by atoms with Crippen molar-refractivity contribution in [1.82, 2.24) is 4.90 Å². The van der Waals surface area contributed by atoms with Crippen molar-refractivity contribution in [2.45, 2.75) is 52.2 Å². The summed E-state index contributed by atoms with van der Waals surface area (Å²) in [6, 6.07) is -0.508. The minimum Gasteiger partial charge on any atom is -0.481 e. The fourth-order valence-corrected chi connectivity index (χ4v) is 2.92. The number of likely N-dealkylation sites (tertiary alicyclic amines) is 1. The molecule has 0 aromatic rings. The molecule has 1 saturated heterocycles. The summed E-state index contributed by atoms with van der Waals surface area (Å²) in [7, 11) is 0. The molecule has 1 rings (SSSR count). The normalized spacial score (nSPS) is 20.2. The van der Waals surface area contributed by atoms with Crippen LogP contribution in [0.1, 0.15) is 40.5 Å². The molecule has 120 valence electrons. The predicted octanol–water partition coefficient (Wildman–Crippen LogP) is 2.37. The summed E-state index contributed by atoms with van der Waals surface area (Å²) in [5.74, 6) is -1.30. The van der Waals surface area contributed by atoms with Gasteiger partial charge in [0.2, 0.25) is 5.12 Å². The molecule has 7 heteroatoms. The number of thioether (sulfide) groups is 1. The molecule has 1 aliphatic heterocycles. The van der Waals surface area contributed by atoms with E-state index >= 15 is 0 Å². The summed E-state index contributed by atoms with van der Waals surface area (Å²) in [5, 5.41) is 8.66. The average Bonchev–Trinajstić information content (AvgIpc) is 2.82. The number of hydrogen-bond donors (Lipinski definition) is 1. The molecule has 1 N–H and O–H groups in total. The van der Waals surface area contributed by atoms with Crippen LogP contribution in [0, 0.1) is 5.92 Å². The lowest BCUT2D eigenvalue weighted by Gasteiger charge is -2.27. The van der Waals surface area contributed by atoms with Gasteiger partial charge >= 0.3 is 12.1 Å². The smallest absolute Gasteiger partial charge is 0.410 e. The van der Waals surface area contributed by atoms with Gasteiger partial charge in [-0.3, -0.25) is 14.5 Å². The molecule has 21 heavy (non-hydrogen) atoms. The van der Waals surface area contributed by atoms with E-state index in [1.807, 2.05) is 0 Å². The highest BCUT2D eigenvalue weighted by Crippen LogP contribution is 2.25. The number of nitrogens with zero attached hydrogens (tertiary/aromatic N) is 1. The maximum Gasteiger partial charge on any atom is 0.410 e. The van der Waals surface area contributed by atoms with Crippen LogP contribution in [0.4, 0.5) is 4.79 Å². The van der Waals surface area contributed by atoms with Gasteiger partial charge in [-0.05, 0) is 33.6 Å². The first-order valence-electron chi connectivity index (χ1n) is 7.01. The third-order valence-electron chi connectivity index (χ3n) is 3.05. The molecular formula is C14H23NO5S. The van der Waals surface area contributed by atoms with Crippen molar-refractivity contribution in [3.05, 3.63) is 0 Å². The van der Waals surface area contributed by atoms with Gasteiger partial charge in [0, 0.05) is 12.3 Å². The predicted molar refractivity (Wildman–Crippen MR) is 80.2 cm³/mol. The number of aliphatic carboxylic acids is 1. The van der Waals surface area contributed by atoms with E-state index in [4.69, 9.17) is 9.84 Å². The molecule has 2 atom stereocenters. The second-order valence-electron chi connectivity index (χ2n) is 6.20. The first kappa shape index (κ1) is 17.8. The number of ether oxygens (including phenoxy) is 1. The van der Waals surface area contributed by atoms with Crippen LogP contribution in [0.25, 0.3) is 0 Å². The van der Waals surface area contributed by atoms with Crippen LogP contribution in [0.2, 0.25) is 0 Å². The van der Waals surface area contributed by atoms with E-state index in [0.717, 1.165) is 18.2 Å². The van der Waals surface area contributed by atoms with E-state index in [-0.39, 0.29) is 10.9 Å². The van der Waals surface area contributed by atoms with Crippen molar-refractivity contribution in [3.8, 4) is 0 Å². The monoisotopic (exact) mass is 317 g/mol. The van der Waals surface area contributed by atoms with Gasteiger partial charge in [0.1, 0.15) is 11.6 Å². The van der Waals surface area contributed by atoms with E-state index in [9.17, 15) is 14.4 Å². The van der Waals surface area contributed by atoms with Crippen LogP contribution < -0.4 is 0 Å². The minimum atomic E-state index is -0.925. The fourth-order valence-electron chi connectivity index (χ4n) is 1.93. The van der Waals surface area contributed by atoms with Gasteiger partial charge in [0.25, 0.3) is 0 Å². The Kier molecular flexibility index (Phi) is 6.07. The van der Waals surface area contributed by atoms with E-state index < -0.39 is 29.6 Å². The summed E-state index contributed by atoms with van der Waals surface area (Å²) in [4.78, 5) is 36.4. The standard InChI is InChI=1S/C14H23NO5S/c1-9(11(16)17)8-21-12(18)10-6-5-7-15(10)13(19)20-14(2,3)4/h9-10H,5-8H2,1-4H3,(H,16,17)/t9?,10-/m0/s1. The average molecular weight is 317 g/mol. The summed E-state index contributed by atoms with van der Waals surface area (Å²) in [5.41, 5.74) is -0.599. The molecule has 1 fully saturated rings. The maximum absolute atomic E-state index is 12.2. The second kappa shape index (κ2) is 7.15. The number of amides is 1. The van der Waals surface area contributed by atoms with Crippen LogP contribution in [0.15, 0.2) is 0 Å². The molecule has 6 nitrogen and oxygen atoms in total. The van der Waals surface area contributed by atoms with Gasteiger partial charge in [-0.2, -0.15) is 0 Å². The zero-order valence-corrected chi connectivity index (χ0v) is 13.7. The van der Waals surface area contributed by atoms with E-state index in [0.29, 0.717) is 13.0 Å². The lowest BCUT2D eigenvalue weighted by atomic mass is 10.2. The first-order valence-corrected chi connectivity index (χ1v) is 7.99. The Labute approximate surface area is 129 Å². The number of carboxylic acids is 1. The number of hydrogen-bond acceptors (Lipinski definition) is 5. The van der Waals surface area contributed by atoms with Crippen LogP contribution in [0.3, 0.4) is 0 Å². The number of rotatable bonds is 4. The third-order valence-corrected chi connectivity index (χ3v) is 4.27. The van der Waals surface area contributed by atoms with Gasteiger partial charge in [0.15, 0.2) is 0 Å². The first-order chi connectivity index (χ1) is 9.61. The van der Waals surface area contributed by atoms with Gasteiger partial charge < -0.3 is 9.84 Å². The largest absolute Gasteiger partial charge is 0.481 e. The molecule has 0 bridgehead atoms. The Hall–Kier alpha value is -1.24. The van der Waals surface area contributed by atoms with Crippen LogP contribution in [-0.2, 0) is 14.3 Å². The molecule has 0 saturated carbocycles. The Morgan fingerprint density at radius 1 is 1.38 bits per heavy atom. The lowest BCUT2D eigenvalue weighted by Crippen LogP contribution is -2.42. The van der Waals surface area contributed by atoms with Crippen molar-refractivity contribution in [2.75, 3.05) is 12.3 Å². The topological polar surface area (TPSA) is 83.9 Å². The fraction of sp³-hybridized carbons (Fsp3) is 0.786. The molecule has 0 aliphatic carbocycles. The molecule has 0 aromatic carbocycles. The number of carbonyl (C=O) groups is 3. The van der Waals surface area contributed by atoms with Gasteiger partial charge in [-0.15, -0.1) is 0 Å². The summed E-state index contributed by atoms with van der Waals surface area (Å²) >= 11 is 0.980. The SMILES string of the molecule is CC(CSC(=O)[C@@H]1CCCN1C(=O)OC(C)(C)C)C(=O)O.